The Labute approximate surface area is 188 Å². The molecule has 1 saturated heterocycles. The molecule has 1 aliphatic heterocycles. The zero-order valence-electron chi connectivity index (χ0n) is 15.3. The summed E-state index contributed by atoms with van der Waals surface area (Å²) < 4.78 is 18.0. The maximum atomic E-state index is 6.09. The molecule has 8 heteroatoms. The van der Waals surface area contributed by atoms with Gasteiger partial charge in [0.15, 0.2) is 11.5 Å². The lowest BCUT2D eigenvalue weighted by Gasteiger charge is -2.29. The molecule has 28 heavy (non-hydrogen) atoms. The highest BCUT2D eigenvalue weighted by Gasteiger charge is 2.19. The first kappa shape index (κ1) is 21.7. The number of ether oxygens (including phenoxy) is 3. The van der Waals surface area contributed by atoms with Crippen molar-refractivity contribution in [2.24, 2.45) is 0 Å². The highest BCUT2D eigenvalue weighted by atomic mass is 79.9. The summed E-state index contributed by atoms with van der Waals surface area (Å²) in [6.45, 7) is 5.73. The van der Waals surface area contributed by atoms with Crippen molar-refractivity contribution in [3.8, 4) is 11.5 Å². The Balaban J connectivity index is 1.81. The van der Waals surface area contributed by atoms with Crippen LogP contribution in [-0.4, -0.2) is 42.8 Å². The van der Waals surface area contributed by atoms with Crippen LogP contribution in [0.4, 0.5) is 0 Å². The molecule has 0 aromatic heterocycles. The summed E-state index contributed by atoms with van der Waals surface area (Å²) in [4.78, 5) is 2.92. The zero-order valence-corrected chi connectivity index (χ0v) is 19.3. The highest BCUT2D eigenvalue weighted by molar-refractivity contribution is 9.10. The highest BCUT2D eigenvalue weighted by Crippen LogP contribution is 2.38. The first-order valence-electron chi connectivity index (χ1n) is 8.89. The lowest BCUT2D eigenvalue weighted by molar-refractivity contribution is 0.0693. The largest absolute Gasteiger partial charge is 0.490 e. The van der Waals surface area contributed by atoms with Crippen LogP contribution in [0.2, 0.25) is 10.0 Å². The van der Waals surface area contributed by atoms with E-state index in [2.05, 4.69) is 20.8 Å². The van der Waals surface area contributed by atoms with Crippen molar-refractivity contribution >= 4 is 56.3 Å². The molecular formula is C20H20BrCl2NO3S. The van der Waals surface area contributed by atoms with Gasteiger partial charge < -0.3 is 19.1 Å². The SMILES string of the molecule is CCOc1cc(C(=S)N2CCOCC2)cc(Br)c1OCc1ccc(Cl)c(Cl)c1. The van der Waals surface area contributed by atoms with Crippen molar-refractivity contribution in [1.82, 2.24) is 4.90 Å². The average molecular weight is 505 g/mol. The molecule has 0 bridgehead atoms. The van der Waals surface area contributed by atoms with Gasteiger partial charge >= 0.3 is 0 Å². The average Bonchev–Trinajstić information content (AvgIpc) is 2.70. The number of hydrogen-bond donors (Lipinski definition) is 0. The summed E-state index contributed by atoms with van der Waals surface area (Å²) in [7, 11) is 0. The summed E-state index contributed by atoms with van der Waals surface area (Å²) in [6.07, 6.45) is 0. The monoisotopic (exact) mass is 503 g/mol. The summed E-state index contributed by atoms with van der Waals surface area (Å²) >= 11 is 21.4. The first-order chi connectivity index (χ1) is 13.5. The molecule has 2 aromatic rings. The Morgan fingerprint density at radius 1 is 1.14 bits per heavy atom. The summed E-state index contributed by atoms with van der Waals surface area (Å²) in [5.41, 5.74) is 1.82. The number of benzene rings is 2. The van der Waals surface area contributed by atoms with E-state index in [4.69, 9.17) is 49.6 Å². The molecule has 150 valence electrons. The Morgan fingerprint density at radius 3 is 2.57 bits per heavy atom. The fraction of sp³-hybridized carbons (Fsp3) is 0.350. The molecule has 1 fully saturated rings. The molecule has 0 aliphatic carbocycles. The zero-order chi connectivity index (χ0) is 20.1. The van der Waals surface area contributed by atoms with Crippen LogP contribution in [0.3, 0.4) is 0 Å². The number of rotatable bonds is 6. The fourth-order valence-corrected chi connectivity index (χ4v) is 4.01. The van der Waals surface area contributed by atoms with Crippen molar-refractivity contribution in [2.75, 3.05) is 32.9 Å². The summed E-state index contributed by atoms with van der Waals surface area (Å²) in [5.74, 6) is 1.27. The number of halogens is 3. The molecule has 0 saturated carbocycles. The summed E-state index contributed by atoms with van der Waals surface area (Å²) in [6, 6.07) is 9.32. The molecule has 2 aromatic carbocycles. The molecular weight excluding hydrogens is 485 g/mol. The van der Waals surface area contributed by atoms with Crippen LogP contribution < -0.4 is 9.47 Å². The third kappa shape index (κ3) is 5.30. The van der Waals surface area contributed by atoms with E-state index in [1.54, 1.807) is 12.1 Å². The van der Waals surface area contributed by atoms with Gasteiger partial charge in [0, 0.05) is 18.7 Å². The molecule has 0 spiro atoms. The minimum Gasteiger partial charge on any atom is -0.490 e. The first-order valence-corrected chi connectivity index (χ1v) is 10.9. The van der Waals surface area contributed by atoms with E-state index in [0.717, 1.165) is 33.7 Å². The van der Waals surface area contributed by atoms with E-state index >= 15 is 0 Å². The van der Waals surface area contributed by atoms with Gasteiger partial charge in [-0.15, -0.1) is 0 Å². The van der Waals surface area contributed by atoms with E-state index in [1.807, 2.05) is 25.1 Å². The van der Waals surface area contributed by atoms with Gasteiger partial charge in [-0.05, 0) is 52.7 Å². The Bertz CT molecular complexity index is 860. The lowest BCUT2D eigenvalue weighted by atomic mass is 10.1. The van der Waals surface area contributed by atoms with Crippen molar-refractivity contribution in [2.45, 2.75) is 13.5 Å². The molecule has 3 rings (SSSR count). The van der Waals surface area contributed by atoms with Crippen LogP contribution in [0.25, 0.3) is 0 Å². The molecule has 1 heterocycles. The van der Waals surface area contributed by atoms with Crippen LogP contribution in [0, 0.1) is 0 Å². The molecule has 1 aliphatic rings. The Morgan fingerprint density at radius 2 is 1.89 bits per heavy atom. The normalized spacial score (nSPS) is 14.1. The van der Waals surface area contributed by atoms with Crippen molar-refractivity contribution in [1.29, 1.82) is 0 Å². The second-order valence-electron chi connectivity index (χ2n) is 6.16. The van der Waals surface area contributed by atoms with E-state index in [9.17, 15) is 0 Å². The van der Waals surface area contributed by atoms with Crippen LogP contribution >= 0.6 is 51.3 Å². The minimum atomic E-state index is 0.336. The molecule has 4 nitrogen and oxygen atoms in total. The second-order valence-corrected chi connectivity index (χ2v) is 8.22. The van der Waals surface area contributed by atoms with E-state index in [0.29, 0.717) is 48.0 Å². The summed E-state index contributed by atoms with van der Waals surface area (Å²) in [5, 5.41) is 1.01. The maximum absolute atomic E-state index is 6.09. The van der Waals surface area contributed by atoms with E-state index in [1.165, 1.54) is 0 Å². The van der Waals surface area contributed by atoms with Gasteiger partial charge in [0.1, 0.15) is 11.6 Å². The molecule has 0 radical (unpaired) electrons. The number of thiocarbonyl (C=S) groups is 1. The van der Waals surface area contributed by atoms with Gasteiger partial charge in [-0.25, -0.2) is 0 Å². The van der Waals surface area contributed by atoms with Gasteiger partial charge in [-0.1, -0.05) is 41.5 Å². The molecule has 0 atom stereocenters. The van der Waals surface area contributed by atoms with E-state index < -0.39 is 0 Å². The van der Waals surface area contributed by atoms with Gasteiger partial charge in [-0.3, -0.25) is 0 Å². The predicted octanol–water partition coefficient (Wildman–Crippen LogP) is 5.74. The van der Waals surface area contributed by atoms with Crippen molar-refractivity contribution in [3.05, 3.63) is 56.0 Å². The fourth-order valence-electron chi connectivity index (χ4n) is 2.83. The Kier molecular flexibility index (Phi) is 7.83. The molecule has 0 amide bonds. The predicted molar refractivity (Wildman–Crippen MR) is 120 cm³/mol. The van der Waals surface area contributed by atoms with Gasteiger partial charge in [0.05, 0.1) is 34.3 Å². The second kappa shape index (κ2) is 10.1. The molecule has 0 N–H and O–H groups in total. The number of nitrogens with zero attached hydrogens (tertiary/aromatic N) is 1. The third-order valence-corrected chi connectivity index (χ3v) is 6.04. The van der Waals surface area contributed by atoms with Crippen LogP contribution in [0.1, 0.15) is 18.1 Å². The lowest BCUT2D eigenvalue weighted by Crippen LogP contribution is -2.40. The van der Waals surface area contributed by atoms with Crippen LogP contribution in [-0.2, 0) is 11.3 Å². The third-order valence-electron chi connectivity index (χ3n) is 4.22. The Hall–Kier alpha value is -1.05. The smallest absolute Gasteiger partial charge is 0.175 e. The topological polar surface area (TPSA) is 30.9 Å². The quantitative estimate of drug-likeness (QED) is 0.468. The maximum Gasteiger partial charge on any atom is 0.175 e. The number of hydrogen-bond acceptors (Lipinski definition) is 4. The van der Waals surface area contributed by atoms with Crippen LogP contribution in [0.5, 0.6) is 11.5 Å². The standard InChI is InChI=1S/C20H20BrCl2NO3S/c1-2-26-18-11-14(20(28)24-5-7-25-8-6-24)10-15(21)19(18)27-12-13-3-4-16(22)17(23)9-13/h3-4,9-11H,2,5-8,12H2,1H3. The number of morpholine rings is 1. The van der Waals surface area contributed by atoms with Crippen molar-refractivity contribution < 1.29 is 14.2 Å². The van der Waals surface area contributed by atoms with Crippen molar-refractivity contribution in [3.63, 3.8) is 0 Å². The van der Waals surface area contributed by atoms with Gasteiger partial charge in [0.2, 0.25) is 0 Å². The molecule has 0 unspecified atom stereocenters. The minimum absolute atomic E-state index is 0.336. The van der Waals surface area contributed by atoms with Gasteiger partial charge in [-0.2, -0.15) is 0 Å². The van der Waals surface area contributed by atoms with Gasteiger partial charge in [0.25, 0.3) is 0 Å². The van der Waals surface area contributed by atoms with Crippen LogP contribution in [0.15, 0.2) is 34.8 Å². The van der Waals surface area contributed by atoms with E-state index in [-0.39, 0.29) is 0 Å².